The number of nitrogens with two attached hydrogens (primary N) is 1. The molecule has 37 heavy (non-hydrogen) atoms. The van der Waals surface area contributed by atoms with Gasteiger partial charge in [0.25, 0.3) is 0 Å². The summed E-state index contributed by atoms with van der Waals surface area (Å²) in [5.74, 6) is -2.84. The van der Waals surface area contributed by atoms with Gasteiger partial charge in [-0.2, -0.15) is 0 Å². The minimum atomic E-state index is -1.51. The van der Waals surface area contributed by atoms with Crippen LogP contribution in [0.25, 0.3) is 0 Å². The molecule has 3 heterocycles. The molecule has 194 valence electrons. The highest BCUT2D eigenvalue weighted by molar-refractivity contribution is 6.32. The van der Waals surface area contributed by atoms with Crippen molar-refractivity contribution in [1.82, 2.24) is 10.2 Å². The van der Waals surface area contributed by atoms with Crippen LogP contribution in [-0.4, -0.2) is 55.3 Å². The van der Waals surface area contributed by atoms with E-state index in [0.717, 1.165) is 5.56 Å². The van der Waals surface area contributed by atoms with Crippen LogP contribution in [0.15, 0.2) is 30.3 Å². The molecule has 0 radical (unpaired) electrons. The topological polar surface area (TPSA) is 140 Å². The molecule has 2 aromatic rings. The maximum atomic E-state index is 13.8. The number of rotatable bonds is 7. The predicted octanol–water partition coefficient (Wildman–Crippen LogP) is 1.50. The van der Waals surface area contributed by atoms with Crippen LogP contribution in [-0.2, 0) is 31.1 Å². The van der Waals surface area contributed by atoms with Crippen LogP contribution in [0.2, 0.25) is 5.02 Å². The summed E-state index contributed by atoms with van der Waals surface area (Å²) >= 11 is 6.28. The van der Waals surface area contributed by atoms with Gasteiger partial charge in [0.1, 0.15) is 5.54 Å². The smallest absolute Gasteiger partial charge is 0.250 e. The fraction of sp³-hybridized carbons (Fsp3) is 0.385. The summed E-state index contributed by atoms with van der Waals surface area (Å²) in [7, 11) is 3.07. The number of amides is 4. The number of benzene rings is 2. The highest BCUT2D eigenvalue weighted by Gasteiger charge is 2.70. The highest BCUT2D eigenvalue weighted by Crippen LogP contribution is 2.54. The molecular weight excluding hydrogens is 500 g/mol. The van der Waals surface area contributed by atoms with Gasteiger partial charge in [-0.25, -0.2) is 0 Å². The molecule has 5 rings (SSSR count). The number of hydrogen-bond donors (Lipinski definition) is 3. The lowest BCUT2D eigenvalue weighted by Gasteiger charge is -2.29. The number of halogens is 1. The number of methoxy groups -OCH3 is 2. The Kier molecular flexibility index (Phi) is 6.12. The van der Waals surface area contributed by atoms with Crippen molar-refractivity contribution in [2.75, 3.05) is 26.1 Å². The van der Waals surface area contributed by atoms with Gasteiger partial charge in [-0.05, 0) is 42.7 Å². The molecule has 0 bridgehead atoms. The van der Waals surface area contributed by atoms with E-state index in [1.54, 1.807) is 31.2 Å². The minimum Gasteiger partial charge on any atom is -0.493 e. The van der Waals surface area contributed by atoms with E-state index >= 15 is 0 Å². The SMILES string of the molecule is COc1ccc(CCN2C(=O)[C@@H]3[C@@H](CC(N)=O)N[C@]4(C(=O)Nc5c4ccc(Cl)c5C)[C@H]3C2=O)cc1OC. The van der Waals surface area contributed by atoms with Gasteiger partial charge in [-0.3, -0.25) is 29.4 Å². The maximum absolute atomic E-state index is 13.8. The van der Waals surface area contributed by atoms with Crippen molar-refractivity contribution >= 4 is 40.9 Å². The van der Waals surface area contributed by atoms with Crippen molar-refractivity contribution < 1.29 is 28.7 Å². The fourth-order valence-electron chi connectivity index (χ4n) is 5.94. The van der Waals surface area contributed by atoms with E-state index in [1.807, 2.05) is 6.07 Å². The first-order valence-corrected chi connectivity index (χ1v) is 12.2. The summed E-state index contributed by atoms with van der Waals surface area (Å²) in [6.07, 6.45) is 0.177. The quantitative estimate of drug-likeness (QED) is 0.464. The van der Waals surface area contributed by atoms with Crippen molar-refractivity contribution in [3.05, 3.63) is 52.0 Å². The van der Waals surface area contributed by atoms with Gasteiger partial charge < -0.3 is 20.5 Å². The van der Waals surface area contributed by atoms with Crippen molar-refractivity contribution in [3.8, 4) is 11.5 Å². The molecule has 0 aliphatic carbocycles. The van der Waals surface area contributed by atoms with E-state index < -0.39 is 47.0 Å². The summed E-state index contributed by atoms with van der Waals surface area (Å²) in [4.78, 5) is 54.1. The number of nitrogens with one attached hydrogen (secondary N) is 2. The Bertz CT molecular complexity index is 1350. The van der Waals surface area contributed by atoms with E-state index in [2.05, 4.69) is 10.6 Å². The molecule has 4 N–H and O–H groups in total. The Morgan fingerprint density at radius 1 is 1.11 bits per heavy atom. The van der Waals surface area contributed by atoms with E-state index in [-0.39, 0.29) is 13.0 Å². The average Bonchev–Trinajstić information content (AvgIpc) is 3.44. The van der Waals surface area contributed by atoms with Gasteiger partial charge in [0.15, 0.2) is 11.5 Å². The van der Waals surface area contributed by atoms with E-state index in [4.69, 9.17) is 26.8 Å². The van der Waals surface area contributed by atoms with E-state index in [9.17, 15) is 19.2 Å². The van der Waals surface area contributed by atoms with Crippen molar-refractivity contribution in [2.24, 2.45) is 17.6 Å². The second kappa shape index (κ2) is 9.04. The molecule has 0 unspecified atom stereocenters. The molecule has 3 aliphatic rings. The van der Waals surface area contributed by atoms with Crippen molar-refractivity contribution in [1.29, 1.82) is 0 Å². The maximum Gasteiger partial charge on any atom is 0.250 e. The molecule has 11 heteroatoms. The molecule has 2 saturated heterocycles. The van der Waals surface area contributed by atoms with Crippen LogP contribution in [0.1, 0.15) is 23.1 Å². The van der Waals surface area contributed by atoms with Crippen LogP contribution in [0.4, 0.5) is 5.69 Å². The third-order valence-electron chi connectivity index (χ3n) is 7.67. The third-order valence-corrected chi connectivity index (χ3v) is 8.08. The first-order valence-electron chi connectivity index (χ1n) is 11.9. The zero-order chi connectivity index (χ0) is 26.6. The van der Waals surface area contributed by atoms with Gasteiger partial charge in [0.05, 0.1) is 31.7 Å². The molecule has 2 fully saturated rings. The molecular formula is C26H27ClN4O6. The first-order chi connectivity index (χ1) is 17.6. The third kappa shape index (κ3) is 3.66. The standard InChI is InChI=1S/C26H27ClN4O6/c1-12-15(27)6-5-14-22(12)29-25(35)26(14)21-20(16(30-26)11-19(28)32)23(33)31(24(21)34)9-8-13-4-7-17(36-2)18(10-13)37-3/h4-7,10,16,20-21,30H,8-9,11H2,1-3H3,(H2,28,32)(H,29,35)/t16-,20-,21-,26+/m1/s1. The summed E-state index contributed by atoms with van der Waals surface area (Å²) in [6.45, 7) is 1.87. The summed E-state index contributed by atoms with van der Waals surface area (Å²) in [5, 5.41) is 6.49. The van der Waals surface area contributed by atoms with Crippen LogP contribution in [0, 0.1) is 18.8 Å². The second-order valence-corrected chi connectivity index (χ2v) is 9.96. The summed E-state index contributed by atoms with van der Waals surface area (Å²) in [5.41, 5.74) is 6.51. The molecule has 0 aromatic heterocycles. The Morgan fingerprint density at radius 3 is 2.51 bits per heavy atom. The molecule has 1 spiro atoms. The average molecular weight is 527 g/mol. The Morgan fingerprint density at radius 2 is 1.84 bits per heavy atom. The minimum absolute atomic E-state index is 0.105. The Labute approximate surface area is 218 Å². The predicted molar refractivity (Wildman–Crippen MR) is 134 cm³/mol. The van der Waals surface area contributed by atoms with Gasteiger partial charge in [0, 0.05) is 29.6 Å². The number of hydrogen-bond acceptors (Lipinski definition) is 7. The van der Waals surface area contributed by atoms with E-state index in [1.165, 1.54) is 19.1 Å². The monoisotopic (exact) mass is 526 g/mol. The van der Waals surface area contributed by atoms with Crippen molar-refractivity contribution in [3.63, 3.8) is 0 Å². The van der Waals surface area contributed by atoms with Crippen molar-refractivity contribution in [2.45, 2.75) is 31.3 Å². The zero-order valence-corrected chi connectivity index (χ0v) is 21.3. The zero-order valence-electron chi connectivity index (χ0n) is 20.6. The van der Waals surface area contributed by atoms with Crippen LogP contribution in [0.5, 0.6) is 11.5 Å². The second-order valence-electron chi connectivity index (χ2n) is 9.55. The largest absolute Gasteiger partial charge is 0.493 e. The van der Waals surface area contributed by atoms with Gasteiger partial charge in [0.2, 0.25) is 23.6 Å². The highest BCUT2D eigenvalue weighted by atomic mass is 35.5. The van der Waals surface area contributed by atoms with Gasteiger partial charge in [-0.15, -0.1) is 0 Å². The number of imide groups is 1. The van der Waals surface area contributed by atoms with Gasteiger partial charge in [-0.1, -0.05) is 23.7 Å². The number of anilines is 1. The number of carbonyl (C=O) groups is 4. The number of carbonyl (C=O) groups excluding carboxylic acids is 4. The Balaban J connectivity index is 1.51. The van der Waals surface area contributed by atoms with E-state index in [0.29, 0.717) is 39.8 Å². The molecule has 4 atom stereocenters. The molecule has 2 aromatic carbocycles. The van der Waals surface area contributed by atoms with Crippen LogP contribution in [0.3, 0.4) is 0 Å². The Hall–Kier alpha value is -3.63. The lowest BCUT2D eigenvalue weighted by Crippen LogP contribution is -2.53. The fourth-order valence-corrected chi connectivity index (χ4v) is 6.10. The van der Waals surface area contributed by atoms with Gasteiger partial charge >= 0.3 is 0 Å². The number of primary amides is 1. The summed E-state index contributed by atoms with van der Waals surface area (Å²) < 4.78 is 10.6. The molecule has 3 aliphatic heterocycles. The summed E-state index contributed by atoms with van der Waals surface area (Å²) in [6, 6.07) is 7.94. The first kappa shape index (κ1) is 25.0. The normalized spacial score (nSPS) is 25.9. The molecule has 4 amide bonds. The number of fused-ring (bicyclic) bond motifs is 4. The molecule has 10 nitrogen and oxygen atoms in total. The number of ether oxygens (including phenoxy) is 2. The van der Waals surface area contributed by atoms with Crippen LogP contribution >= 0.6 is 11.6 Å². The lowest BCUT2D eigenvalue weighted by atomic mass is 9.76. The number of nitrogens with zero attached hydrogens (tertiary/aromatic N) is 1. The lowest BCUT2D eigenvalue weighted by molar-refractivity contribution is -0.142. The molecule has 0 saturated carbocycles. The van der Waals surface area contributed by atoms with Crippen LogP contribution < -0.4 is 25.8 Å². The number of likely N-dealkylation sites (tertiary alicyclic amines) is 1.